The maximum atomic E-state index is 9.58. The van der Waals surface area contributed by atoms with E-state index >= 15 is 0 Å². The zero-order chi connectivity index (χ0) is 12.5. The molecule has 0 atom stereocenters. The van der Waals surface area contributed by atoms with E-state index in [0.29, 0.717) is 6.54 Å². The van der Waals surface area contributed by atoms with Crippen molar-refractivity contribution in [3.8, 4) is 11.5 Å². The Kier molecular flexibility index (Phi) is 6.89. The number of aromatic hydroxyl groups is 2. The van der Waals surface area contributed by atoms with Gasteiger partial charge in [-0.25, -0.2) is 0 Å². The third-order valence-corrected chi connectivity index (χ3v) is 3.31. The lowest BCUT2D eigenvalue weighted by molar-refractivity contribution is 0.397. The van der Waals surface area contributed by atoms with E-state index in [2.05, 4.69) is 11.6 Å². The maximum absolute atomic E-state index is 9.58. The van der Waals surface area contributed by atoms with E-state index in [1.807, 2.05) is 17.8 Å². The molecule has 0 fully saturated rings. The van der Waals surface area contributed by atoms with Crippen molar-refractivity contribution in [1.29, 1.82) is 0 Å². The molecule has 1 aromatic rings. The average Bonchev–Trinajstić information content (AvgIpc) is 2.33. The van der Waals surface area contributed by atoms with Gasteiger partial charge in [0.2, 0.25) is 0 Å². The van der Waals surface area contributed by atoms with Gasteiger partial charge in [0.05, 0.1) is 0 Å². The molecule has 0 aliphatic heterocycles. The van der Waals surface area contributed by atoms with Gasteiger partial charge in [0.15, 0.2) is 11.5 Å². The molecule has 1 rings (SSSR count). The molecular formula is C13H21NO2S. The molecule has 96 valence electrons. The van der Waals surface area contributed by atoms with Crippen LogP contribution in [-0.4, -0.2) is 28.8 Å². The summed E-state index contributed by atoms with van der Waals surface area (Å²) in [7, 11) is 0. The van der Waals surface area contributed by atoms with Crippen LogP contribution in [0.15, 0.2) is 18.2 Å². The van der Waals surface area contributed by atoms with Crippen LogP contribution in [0.1, 0.15) is 24.8 Å². The van der Waals surface area contributed by atoms with Crippen LogP contribution in [0, 0.1) is 0 Å². The van der Waals surface area contributed by atoms with Gasteiger partial charge in [-0.15, -0.1) is 0 Å². The highest BCUT2D eigenvalue weighted by atomic mass is 32.2. The number of nitrogens with one attached hydrogen (secondary N) is 1. The van der Waals surface area contributed by atoms with Gasteiger partial charge in [0.25, 0.3) is 0 Å². The minimum Gasteiger partial charge on any atom is -0.504 e. The van der Waals surface area contributed by atoms with Crippen LogP contribution in [0.3, 0.4) is 0 Å². The summed E-state index contributed by atoms with van der Waals surface area (Å²) < 4.78 is 0. The van der Waals surface area contributed by atoms with E-state index in [-0.39, 0.29) is 11.5 Å². The lowest BCUT2D eigenvalue weighted by atomic mass is 10.2. The second-order valence-corrected chi connectivity index (χ2v) is 5.00. The van der Waals surface area contributed by atoms with E-state index in [4.69, 9.17) is 0 Å². The van der Waals surface area contributed by atoms with E-state index in [9.17, 15) is 10.2 Å². The highest BCUT2D eigenvalue weighted by Crippen LogP contribution is 2.27. The molecule has 0 unspecified atom stereocenters. The van der Waals surface area contributed by atoms with Gasteiger partial charge in [-0.1, -0.05) is 18.6 Å². The van der Waals surface area contributed by atoms with E-state index in [1.54, 1.807) is 6.07 Å². The predicted octanol–water partition coefficient (Wildman–Crippen LogP) is 2.72. The Morgan fingerprint density at radius 1 is 1.18 bits per heavy atom. The number of rotatable bonds is 8. The van der Waals surface area contributed by atoms with Crippen molar-refractivity contribution in [3.63, 3.8) is 0 Å². The van der Waals surface area contributed by atoms with E-state index < -0.39 is 0 Å². The molecule has 0 aliphatic carbocycles. The largest absolute Gasteiger partial charge is 0.504 e. The SMILES string of the molecule is CSCCCCCNCc1cccc(O)c1O. The summed E-state index contributed by atoms with van der Waals surface area (Å²) in [6.45, 7) is 1.55. The molecule has 1 aromatic carbocycles. The van der Waals surface area contributed by atoms with Gasteiger partial charge in [0, 0.05) is 12.1 Å². The smallest absolute Gasteiger partial charge is 0.161 e. The van der Waals surface area contributed by atoms with Crippen LogP contribution < -0.4 is 5.32 Å². The molecule has 0 aliphatic rings. The van der Waals surface area contributed by atoms with Gasteiger partial charge in [-0.2, -0.15) is 11.8 Å². The summed E-state index contributed by atoms with van der Waals surface area (Å²) in [4.78, 5) is 0. The molecular weight excluding hydrogens is 234 g/mol. The minimum absolute atomic E-state index is 0.0117. The Hall–Kier alpha value is -0.870. The fourth-order valence-corrected chi connectivity index (χ4v) is 2.11. The summed E-state index contributed by atoms with van der Waals surface area (Å²) in [5.41, 5.74) is 0.745. The molecule has 0 saturated carbocycles. The average molecular weight is 255 g/mol. The van der Waals surface area contributed by atoms with Crippen molar-refractivity contribution in [2.24, 2.45) is 0 Å². The molecule has 0 heterocycles. The van der Waals surface area contributed by atoms with Crippen LogP contribution in [0.25, 0.3) is 0 Å². The fourth-order valence-electron chi connectivity index (χ4n) is 1.62. The van der Waals surface area contributed by atoms with Crippen molar-refractivity contribution >= 4 is 11.8 Å². The molecule has 0 amide bonds. The number of para-hydroxylation sites is 1. The summed E-state index contributed by atoms with van der Waals surface area (Å²) in [5.74, 6) is 1.17. The first-order valence-electron chi connectivity index (χ1n) is 5.95. The van der Waals surface area contributed by atoms with Gasteiger partial charge < -0.3 is 15.5 Å². The van der Waals surface area contributed by atoms with Crippen LogP contribution in [-0.2, 0) is 6.54 Å². The highest BCUT2D eigenvalue weighted by molar-refractivity contribution is 7.98. The first kappa shape index (κ1) is 14.2. The van der Waals surface area contributed by atoms with E-state index in [0.717, 1.165) is 18.5 Å². The first-order chi connectivity index (χ1) is 8.25. The lowest BCUT2D eigenvalue weighted by Gasteiger charge is -2.07. The predicted molar refractivity (Wildman–Crippen MR) is 73.7 cm³/mol. The number of unbranched alkanes of at least 4 members (excludes halogenated alkanes) is 2. The highest BCUT2D eigenvalue weighted by Gasteiger charge is 2.04. The van der Waals surface area contributed by atoms with E-state index in [1.165, 1.54) is 24.7 Å². The van der Waals surface area contributed by atoms with Gasteiger partial charge in [-0.05, 0) is 37.5 Å². The Labute approximate surface area is 107 Å². The van der Waals surface area contributed by atoms with Crippen LogP contribution in [0.5, 0.6) is 11.5 Å². The summed E-state index contributed by atoms with van der Waals surface area (Å²) >= 11 is 1.88. The summed E-state index contributed by atoms with van der Waals surface area (Å²) in [6, 6.07) is 5.04. The number of benzene rings is 1. The Morgan fingerprint density at radius 3 is 2.76 bits per heavy atom. The monoisotopic (exact) mass is 255 g/mol. The number of phenols is 2. The fraction of sp³-hybridized carbons (Fsp3) is 0.538. The topological polar surface area (TPSA) is 52.5 Å². The third kappa shape index (κ3) is 5.33. The van der Waals surface area contributed by atoms with Crippen molar-refractivity contribution in [3.05, 3.63) is 23.8 Å². The Bertz CT molecular complexity index is 331. The van der Waals surface area contributed by atoms with Gasteiger partial charge in [0.1, 0.15) is 0 Å². The zero-order valence-corrected chi connectivity index (χ0v) is 11.1. The van der Waals surface area contributed by atoms with Crippen LogP contribution in [0.2, 0.25) is 0 Å². The Balaban J connectivity index is 2.16. The number of hydrogen-bond donors (Lipinski definition) is 3. The van der Waals surface area contributed by atoms with Crippen molar-refractivity contribution in [2.45, 2.75) is 25.8 Å². The van der Waals surface area contributed by atoms with Crippen molar-refractivity contribution in [2.75, 3.05) is 18.6 Å². The third-order valence-electron chi connectivity index (χ3n) is 2.62. The minimum atomic E-state index is -0.0516. The second kappa shape index (κ2) is 8.25. The van der Waals surface area contributed by atoms with Crippen LogP contribution in [0.4, 0.5) is 0 Å². The lowest BCUT2D eigenvalue weighted by Crippen LogP contribution is -2.14. The molecule has 0 saturated heterocycles. The zero-order valence-electron chi connectivity index (χ0n) is 10.3. The molecule has 0 radical (unpaired) electrons. The molecule has 0 aromatic heterocycles. The maximum Gasteiger partial charge on any atom is 0.161 e. The summed E-state index contributed by atoms with van der Waals surface area (Å²) in [5, 5.41) is 22.2. The first-order valence-corrected chi connectivity index (χ1v) is 7.34. The number of hydrogen-bond acceptors (Lipinski definition) is 4. The molecule has 3 nitrogen and oxygen atoms in total. The Morgan fingerprint density at radius 2 is 2.00 bits per heavy atom. The normalized spacial score (nSPS) is 10.6. The van der Waals surface area contributed by atoms with Crippen molar-refractivity contribution in [1.82, 2.24) is 5.32 Å². The number of thioether (sulfide) groups is 1. The standard InChI is InChI=1S/C13H21NO2S/c1-17-9-4-2-3-8-14-10-11-6-5-7-12(15)13(11)16/h5-7,14-16H,2-4,8-10H2,1H3. The van der Waals surface area contributed by atoms with Crippen molar-refractivity contribution < 1.29 is 10.2 Å². The number of phenolic OH excluding ortho intramolecular Hbond substituents is 2. The van der Waals surface area contributed by atoms with Crippen LogP contribution >= 0.6 is 11.8 Å². The molecule has 0 bridgehead atoms. The molecule has 17 heavy (non-hydrogen) atoms. The summed E-state index contributed by atoms with van der Waals surface area (Å²) in [6.07, 6.45) is 5.78. The second-order valence-electron chi connectivity index (χ2n) is 4.02. The molecule has 3 N–H and O–H groups in total. The molecule has 0 spiro atoms. The van der Waals surface area contributed by atoms with Gasteiger partial charge >= 0.3 is 0 Å². The quantitative estimate of drug-likeness (QED) is 0.494. The van der Waals surface area contributed by atoms with Gasteiger partial charge in [-0.3, -0.25) is 0 Å². The molecule has 4 heteroatoms.